The van der Waals surface area contributed by atoms with E-state index in [0.29, 0.717) is 23.9 Å². The second-order valence-electron chi connectivity index (χ2n) is 16.0. The van der Waals surface area contributed by atoms with Crippen LogP contribution in [0, 0.1) is 0 Å². The fourth-order valence-electron chi connectivity index (χ4n) is 5.40. The van der Waals surface area contributed by atoms with Gasteiger partial charge in [0, 0.05) is 6.42 Å². The van der Waals surface area contributed by atoms with Crippen LogP contribution in [0.2, 0.25) is 0 Å². The maximum absolute atomic E-state index is 12.7. The number of phosphoric ester groups is 1. The lowest BCUT2D eigenvalue weighted by Crippen LogP contribution is -2.45. The summed E-state index contributed by atoms with van der Waals surface area (Å²) in [5.41, 5.74) is 0. The average Bonchev–Trinajstić information content (AvgIpc) is 3.23. The average molecular weight is 878 g/mol. The van der Waals surface area contributed by atoms with Gasteiger partial charge < -0.3 is 19.8 Å². The number of amides is 1. The van der Waals surface area contributed by atoms with Crippen LogP contribution < -0.4 is 5.32 Å². The molecule has 0 fully saturated rings. The van der Waals surface area contributed by atoms with Crippen LogP contribution in [-0.2, 0) is 18.4 Å². The molecule has 0 rings (SSSR count). The number of aliphatic hydroxyl groups excluding tert-OH is 1. The lowest BCUT2D eigenvalue weighted by atomic mass is 10.1. The van der Waals surface area contributed by atoms with Gasteiger partial charge in [0.05, 0.1) is 39.9 Å². The van der Waals surface area contributed by atoms with Gasteiger partial charge in [-0.3, -0.25) is 13.8 Å². The van der Waals surface area contributed by atoms with Gasteiger partial charge in [-0.15, -0.1) is 0 Å². The molecule has 3 N–H and O–H groups in total. The number of hydrogen-bond donors (Lipinski definition) is 3. The molecule has 0 aliphatic carbocycles. The molecule has 9 heteroatoms. The van der Waals surface area contributed by atoms with Crippen molar-refractivity contribution in [3.8, 4) is 0 Å². The monoisotopic (exact) mass is 878 g/mol. The van der Waals surface area contributed by atoms with Crippen molar-refractivity contribution in [1.29, 1.82) is 0 Å². The van der Waals surface area contributed by atoms with Gasteiger partial charge in [-0.25, -0.2) is 4.57 Å². The van der Waals surface area contributed by atoms with Crippen molar-refractivity contribution in [2.45, 2.75) is 142 Å². The van der Waals surface area contributed by atoms with Crippen molar-refractivity contribution in [2.75, 3.05) is 40.9 Å². The summed E-state index contributed by atoms with van der Waals surface area (Å²) >= 11 is 0. The number of carbonyl (C=O) groups excluding carboxylic acids is 1. The lowest BCUT2D eigenvalue weighted by Gasteiger charge is -2.25. The Morgan fingerprint density at radius 1 is 0.565 bits per heavy atom. The number of rotatable bonds is 39. The number of likely N-dealkylation sites (N-methyl/N-ethyl adjacent to an activating group) is 1. The predicted octanol–water partition coefficient (Wildman–Crippen LogP) is 13.4. The van der Waals surface area contributed by atoms with Gasteiger partial charge in [-0.05, 0) is 96.3 Å². The summed E-state index contributed by atoms with van der Waals surface area (Å²) in [6, 6.07) is -0.870. The first-order valence-electron chi connectivity index (χ1n) is 23.2. The number of carbonyl (C=O) groups is 1. The molecule has 0 aliphatic rings. The topological polar surface area (TPSA) is 105 Å². The maximum atomic E-state index is 12.7. The van der Waals surface area contributed by atoms with E-state index in [1.807, 2.05) is 34.1 Å². The molecule has 0 radical (unpaired) electrons. The highest BCUT2D eigenvalue weighted by Gasteiger charge is 2.27. The van der Waals surface area contributed by atoms with Crippen LogP contribution in [0.25, 0.3) is 0 Å². The number of nitrogens with one attached hydrogen (secondary N) is 1. The number of nitrogens with zero attached hydrogens (tertiary/aromatic N) is 1. The van der Waals surface area contributed by atoms with E-state index >= 15 is 0 Å². The van der Waals surface area contributed by atoms with E-state index in [0.717, 1.165) is 103 Å². The summed E-state index contributed by atoms with van der Waals surface area (Å²) in [4.78, 5) is 22.8. The molecule has 0 saturated heterocycles. The third kappa shape index (κ3) is 44.4. The Kier molecular flexibility index (Phi) is 40.2. The number of phosphoric acid groups is 1. The molecular formula is C53H86N2O6P+. The minimum Gasteiger partial charge on any atom is -0.387 e. The minimum absolute atomic E-state index is 0.0442. The van der Waals surface area contributed by atoms with Crippen LogP contribution in [0.4, 0.5) is 0 Å². The van der Waals surface area contributed by atoms with E-state index in [2.05, 4.69) is 146 Å². The first kappa shape index (κ1) is 58.4. The second kappa shape index (κ2) is 42.7. The Hall–Kier alpha value is -3.62. The van der Waals surface area contributed by atoms with Gasteiger partial charge in [0.2, 0.25) is 5.91 Å². The predicted molar refractivity (Wildman–Crippen MR) is 267 cm³/mol. The van der Waals surface area contributed by atoms with Gasteiger partial charge in [-0.2, -0.15) is 0 Å². The highest BCUT2D eigenvalue weighted by Crippen LogP contribution is 2.43. The number of aliphatic hydroxyl groups is 1. The summed E-state index contributed by atoms with van der Waals surface area (Å²) < 4.78 is 23.2. The van der Waals surface area contributed by atoms with E-state index in [4.69, 9.17) is 9.05 Å². The van der Waals surface area contributed by atoms with E-state index in [1.54, 1.807) is 6.08 Å². The molecule has 0 aliphatic heterocycles. The molecule has 1 amide bonds. The summed E-state index contributed by atoms with van der Waals surface area (Å²) in [5.74, 6) is -0.230. The molecule has 0 heterocycles. The van der Waals surface area contributed by atoms with Crippen molar-refractivity contribution in [1.82, 2.24) is 5.32 Å². The van der Waals surface area contributed by atoms with E-state index in [-0.39, 0.29) is 19.1 Å². The third-order valence-corrected chi connectivity index (χ3v) is 10.0. The number of hydrogen-bond acceptors (Lipinski definition) is 5. The first-order chi connectivity index (χ1) is 30.0. The maximum Gasteiger partial charge on any atom is 0.472 e. The summed E-state index contributed by atoms with van der Waals surface area (Å²) in [6.07, 6.45) is 67.4. The molecule has 348 valence electrons. The largest absolute Gasteiger partial charge is 0.472 e. The molecule has 0 saturated carbocycles. The summed E-state index contributed by atoms with van der Waals surface area (Å²) in [7, 11) is 1.51. The normalized spacial score (nSPS) is 15.5. The fourth-order valence-corrected chi connectivity index (χ4v) is 6.14. The number of quaternary nitrogens is 1. The smallest absolute Gasteiger partial charge is 0.387 e. The fraction of sp³-hybridized carbons (Fsp3) is 0.528. The standard InChI is InChI=1S/C53H85N2O6P/c1-6-8-10-11-12-13-14-15-16-17-18-19-20-21-22-23-24-25-26-27-28-29-30-31-32-33-34-35-36-37-38-39-40-41-42-43-45-47-53(57)54-51(52(56)46-44-9-7-2)50-61-62(58,59)60-49-48-55(3,4)5/h8,10,12-13,15-16,18-19,21-22,24-25,27-28,30-31,33-34,36-37,39-40,44,46,51-52,56H,6-7,9,11,14,17,20,23,26,29,32,35,38,41-43,45,47-50H2,1-5H3,(H-,54,57,58,59)/p+1/b10-8-,13-12-,16-15-,19-18-,22-21-,25-24-,28-27-,31-30-,34-33-,37-36-,40-39-,46-44+. The third-order valence-electron chi connectivity index (χ3n) is 9.05. The van der Waals surface area contributed by atoms with Gasteiger partial charge >= 0.3 is 7.82 Å². The highest BCUT2D eigenvalue weighted by atomic mass is 31.2. The van der Waals surface area contributed by atoms with Crippen molar-refractivity contribution >= 4 is 13.7 Å². The van der Waals surface area contributed by atoms with Gasteiger partial charge in [0.15, 0.2) is 0 Å². The summed E-state index contributed by atoms with van der Waals surface area (Å²) in [5, 5.41) is 13.4. The minimum atomic E-state index is -4.33. The van der Waals surface area contributed by atoms with Crippen LogP contribution in [0.15, 0.2) is 146 Å². The molecule has 8 nitrogen and oxygen atoms in total. The molecule has 3 unspecified atom stereocenters. The zero-order valence-electron chi connectivity index (χ0n) is 39.3. The van der Waals surface area contributed by atoms with E-state index in [9.17, 15) is 19.4 Å². The molecule has 0 bridgehead atoms. The van der Waals surface area contributed by atoms with Crippen LogP contribution in [0.1, 0.15) is 129 Å². The van der Waals surface area contributed by atoms with Crippen LogP contribution in [0.5, 0.6) is 0 Å². The van der Waals surface area contributed by atoms with Crippen molar-refractivity contribution < 1.29 is 32.9 Å². The van der Waals surface area contributed by atoms with Crippen LogP contribution in [-0.4, -0.2) is 73.4 Å². The number of unbranched alkanes of at least 4 members (excludes halogenated alkanes) is 4. The van der Waals surface area contributed by atoms with Gasteiger partial charge in [0.1, 0.15) is 13.2 Å². The second-order valence-corrected chi connectivity index (χ2v) is 17.5. The molecule has 0 aromatic heterocycles. The Bertz CT molecular complexity index is 1510. The summed E-state index contributed by atoms with van der Waals surface area (Å²) in [6.45, 7) is 4.40. The molecule has 0 aromatic rings. The zero-order valence-corrected chi connectivity index (χ0v) is 40.2. The Balaban J connectivity index is 4.03. The molecule has 0 spiro atoms. The molecular weight excluding hydrogens is 792 g/mol. The number of allylic oxidation sites excluding steroid dienone is 23. The van der Waals surface area contributed by atoms with Gasteiger partial charge in [0.25, 0.3) is 0 Å². The molecule has 62 heavy (non-hydrogen) atoms. The Labute approximate surface area is 378 Å². The van der Waals surface area contributed by atoms with Crippen LogP contribution >= 0.6 is 7.82 Å². The Morgan fingerprint density at radius 3 is 1.35 bits per heavy atom. The van der Waals surface area contributed by atoms with Crippen LogP contribution in [0.3, 0.4) is 0 Å². The van der Waals surface area contributed by atoms with E-state index < -0.39 is 20.0 Å². The quantitative estimate of drug-likeness (QED) is 0.0246. The molecule has 3 atom stereocenters. The SMILES string of the molecule is CC/C=C\C/C=C\C/C=C\C/C=C\C/C=C\C/C=C\C/C=C\C/C=C\C/C=C\C/C=C\C/C=C\CCCCCC(=O)NC(COP(=O)(O)OCC[N+](C)(C)C)C(O)/C=C/CCC. The molecule has 0 aromatic carbocycles. The van der Waals surface area contributed by atoms with Crippen molar-refractivity contribution in [3.63, 3.8) is 0 Å². The lowest BCUT2D eigenvalue weighted by molar-refractivity contribution is -0.870. The Morgan fingerprint density at radius 2 is 0.968 bits per heavy atom. The highest BCUT2D eigenvalue weighted by molar-refractivity contribution is 7.47. The van der Waals surface area contributed by atoms with Crippen molar-refractivity contribution in [2.24, 2.45) is 0 Å². The van der Waals surface area contributed by atoms with Crippen molar-refractivity contribution in [3.05, 3.63) is 146 Å². The zero-order chi connectivity index (χ0) is 45.7. The van der Waals surface area contributed by atoms with Gasteiger partial charge in [-0.1, -0.05) is 173 Å². The van der Waals surface area contributed by atoms with E-state index in [1.165, 1.54) is 0 Å². The first-order valence-corrected chi connectivity index (χ1v) is 24.7.